The van der Waals surface area contributed by atoms with E-state index in [1.54, 1.807) is 30.3 Å². The fraction of sp³-hybridized carbons (Fsp3) is 0.138. The van der Waals surface area contributed by atoms with Gasteiger partial charge in [-0.05, 0) is 46.0 Å². The lowest BCUT2D eigenvalue weighted by Gasteiger charge is -2.34. The number of carbonyl (C=O) groups is 3. The lowest BCUT2D eigenvalue weighted by atomic mass is 9.66. The van der Waals surface area contributed by atoms with Crippen molar-refractivity contribution in [2.75, 3.05) is 0 Å². The second-order valence-electron chi connectivity index (χ2n) is 8.76. The highest BCUT2D eigenvalue weighted by Crippen LogP contribution is 2.49. The van der Waals surface area contributed by atoms with E-state index in [0.29, 0.717) is 12.0 Å². The van der Waals surface area contributed by atoms with Crippen LogP contribution in [0.2, 0.25) is 0 Å². The first kappa shape index (κ1) is 19.6. The highest BCUT2D eigenvalue weighted by atomic mass is 16.2. The van der Waals surface area contributed by atoms with Crippen LogP contribution in [0.3, 0.4) is 0 Å². The fourth-order valence-corrected chi connectivity index (χ4v) is 5.58. The van der Waals surface area contributed by atoms with E-state index in [1.807, 2.05) is 42.5 Å². The van der Waals surface area contributed by atoms with Gasteiger partial charge in [0.05, 0.1) is 11.8 Å². The number of rotatable bonds is 2. The summed E-state index contributed by atoms with van der Waals surface area (Å²) in [5, 5.41) is 2.21. The lowest BCUT2D eigenvalue weighted by Crippen LogP contribution is -2.37. The van der Waals surface area contributed by atoms with Crippen molar-refractivity contribution in [2.45, 2.75) is 12.3 Å². The summed E-state index contributed by atoms with van der Waals surface area (Å²) in [4.78, 5) is 41.4. The average Bonchev–Trinajstić information content (AvgIpc) is 3.12. The van der Waals surface area contributed by atoms with Gasteiger partial charge in [-0.3, -0.25) is 14.4 Å². The molecule has 3 unspecified atom stereocenters. The maximum Gasteiger partial charge on any atom is 0.267 e. The number of amides is 3. The first-order chi connectivity index (χ1) is 16.1. The van der Waals surface area contributed by atoms with E-state index >= 15 is 0 Å². The molecule has 3 amide bonds. The maximum absolute atomic E-state index is 13.7. The first-order valence-electron chi connectivity index (χ1n) is 11.2. The van der Waals surface area contributed by atoms with Crippen molar-refractivity contribution in [1.29, 1.82) is 0 Å². The minimum atomic E-state index is -0.596. The predicted molar refractivity (Wildman–Crippen MR) is 126 cm³/mol. The number of benzene rings is 4. The van der Waals surface area contributed by atoms with Gasteiger partial charge in [0.25, 0.3) is 5.91 Å². The van der Waals surface area contributed by atoms with Crippen LogP contribution in [-0.4, -0.2) is 22.6 Å². The van der Waals surface area contributed by atoms with E-state index in [4.69, 9.17) is 0 Å². The third-order valence-electron chi connectivity index (χ3n) is 7.05. The number of hydrogen-bond donors (Lipinski definition) is 0. The van der Waals surface area contributed by atoms with Gasteiger partial charge in [-0.2, -0.15) is 0 Å². The quantitative estimate of drug-likeness (QED) is 0.421. The topological polar surface area (TPSA) is 54.5 Å². The number of fused-ring (bicyclic) bond motifs is 4. The smallest absolute Gasteiger partial charge is 0.267 e. The maximum atomic E-state index is 13.7. The van der Waals surface area contributed by atoms with Gasteiger partial charge in [0, 0.05) is 11.5 Å². The number of nitrogens with zero attached hydrogens (tertiary/aromatic N) is 1. The first-order valence-corrected chi connectivity index (χ1v) is 11.2. The van der Waals surface area contributed by atoms with Crippen molar-refractivity contribution in [2.24, 2.45) is 11.8 Å². The van der Waals surface area contributed by atoms with Crippen LogP contribution in [0, 0.1) is 11.8 Å². The molecule has 0 bridgehead atoms. The Labute approximate surface area is 191 Å². The number of imide groups is 3. The molecule has 4 heteroatoms. The molecule has 6 rings (SSSR count). The zero-order valence-electron chi connectivity index (χ0n) is 17.8. The molecule has 2 aliphatic rings. The molecule has 1 aliphatic carbocycles. The van der Waals surface area contributed by atoms with E-state index in [2.05, 4.69) is 24.3 Å². The lowest BCUT2D eigenvalue weighted by molar-refractivity contribution is -0.136. The molecule has 4 aromatic rings. The Bertz CT molecular complexity index is 1410. The van der Waals surface area contributed by atoms with E-state index in [1.165, 1.54) is 0 Å². The van der Waals surface area contributed by atoms with Crippen LogP contribution in [0.25, 0.3) is 10.8 Å². The molecular formula is C29H21NO3. The summed E-state index contributed by atoms with van der Waals surface area (Å²) in [5.41, 5.74) is 3.49. The second kappa shape index (κ2) is 7.52. The number of carbonyl (C=O) groups excluding carboxylic acids is 3. The molecule has 0 N–H and O–H groups in total. The second-order valence-corrected chi connectivity index (χ2v) is 8.76. The minimum absolute atomic E-state index is 0.283. The van der Waals surface area contributed by atoms with Gasteiger partial charge >= 0.3 is 0 Å². The molecule has 0 spiro atoms. The highest BCUT2D eigenvalue weighted by Gasteiger charge is 2.56. The normalized spacial score (nSPS) is 21.7. The highest BCUT2D eigenvalue weighted by molar-refractivity contribution is 6.21. The van der Waals surface area contributed by atoms with Gasteiger partial charge < -0.3 is 0 Å². The van der Waals surface area contributed by atoms with Crippen LogP contribution in [0.5, 0.6) is 0 Å². The largest absolute Gasteiger partial charge is 0.274 e. The van der Waals surface area contributed by atoms with E-state index in [0.717, 1.165) is 32.4 Å². The molecule has 0 saturated carbocycles. The van der Waals surface area contributed by atoms with Gasteiger partial charge in [-0.1, -0.05) is 84.9 Å². The van der Waals surface area contributed by atoms with Crippen molar-refractivity contribution in [3.8, 4) is 0 Å². The standard InChI is InChI=1S/C29H21NO3/c31-27(20-12-5-2-6-13-20)30-28(32)24-17-23-21-14-8-7-9-18(21)15-16-22(23)25(26(24)29(30)33)19-10-3-1-4-11-19/h1-16,24-26H,17H2. The molecule has 1 fully saturated rings. The third kappa shape index (κ3) is 2.94. The van der Waals surface area contributed by atoms with Crippen molar-refractivity contribution in [3.05, 3.63) is 119 Å². The molecule has 4 nitrogen and oxygen atoms in total. The molecule has 1 saturated heterocycles. The van der Waals surface area contributed by atoms with Crippen LogP contribution < -0.4 is 0 Å². The van der Waals surface area contributed by atoms with Gasteiger partial charge in [-0.25, -0.2) is 4.90 Å². The molecule has 1 heterocycles. The molecule has 160 valence electrons. The van der Waals surface area contributed by atoms with Crippen LogP contribution in [-0.2, 0) is 16.0 Å². The van der Waals surface area contributed by atoms with Crippen LogP contribution in [0.4, 0.5) is 0 Å². The average molecular weight is 431 g/mol. The Morgan fingerprint density at radius 2 is 1.39 bits per heavy atom. The Morgan fingerprint density at radius 3 is 2.15 bits per heavy atom. The van der Waals surface area contributed by atoms with Gasteiger partial charge in [-0.15, -0.1) is 0 Å². The molecule has 33 heavy (non-hydrogen) atoms. The van der Waals surface area contributed by atoms with Crippen molar-refractivity contribution in [3.63, 3.8) is 0 Å². The van der Waals surface area contributed by atoms with Gasteiger partial charge in [0.2, 0.25) is 11.8 Å². The summed E-state index contributed by atoms with van der Waals surface area (Å²) in [6.07, 6.45) is 0.452. The molecule has 0 radical (unpaired) electrons. The van der Waals surface area contributed by atoms with Crippen molar-refractivity contribution < 1.29 is 14.4 Å². The van der Waals surface area contributed by atoms with Gasteiger partial charge in [0.15, 0.2) is 0 Å². The fourth-order valence-electron chi connectivity index (χ4n) is 5.58. The summed E-state index contributed by atoms with van der Waals surface area (Å²) >= 11 is 0. The number of hydrogen-bond acceptors (Lipinski definition) is 3. The molecule has 1 aliphatic heterocycles. The third-order valence-corrected chi connectivity index (χ3v) is 7.05. The Balaban J connectivity index is 1.53. The van der Waals surface area contributed by atoms with Crippen molar-refractivity contribution in [1.82, 2.24) is 4.90 Å². The summed E-state index contributed by atoms with van der Waals surface area (Å²) in [7, 11) is 0. The Hall–Kier alpha value is -4.05. The summed E-state index contributed by atoms with van der Waals surface area (Å²) in [6.45, 7) is 0. The van der Waals surface area contributed by atoms with E-state index < -0.39 is 29.6 Å². The van der Waals surface area contributed by atoms with Gasteiger partial charge in [0.1, 0.15) is 0 Å². The van der Waals surface area contributed by atoms with Crippen LogP contribution in [0.15, 0.2) is 97.1 Å². The molecule has 0 aromatic heterocycles. The van der Waals surface area contributed by atoms with Crippen LogP contribution >= 0.6 is 0 Å². The van der Waals surface area contributed by atoms with Crippen LogP contribution in [0.1, 0.15) is 33.0 Å². The Kier molecular flexibility index (Phi) is 4.47. The molecular weight excluding hydrogens is 410 g/mol. The Morgan fingerprint density at radius 1 is 0.727 bits per heavy atom. The summed E-state index contributed by atoms with van der Waals surface area (Å²) in [5.74, 6) is -2.77. The van der Waals surface area contributed by atoms with E-state index in [9.17, 15) is 14.4 Å². The summed E-state index contributed by atoms with van der Waals surface area (Å²) in [6, 6.07) is 30.7. The monoisotopic (exact) mass is 431 g/mol. The summed E-state index contributed by atoms with van der Waals surface area (Å²) < 4.78 is 0. The molecule has 3 atom stereocenters. The molecule has 4 aromatic carbocycles. The van der Waals surface area contributed by atoms with E-state index in [-0.39, 0.29) is 5.92 Å². The minimum Gasteiger partial charge on any atom is -0.274 e. The number of likely N-dealkylation sites (tertiary alicyclic amines) is 1. The SMILES string of the molecule is O=C(c1ccccc1)N1C(=O)C2Cc3c(ccc4ccccc34)C(c3ccccc3)C2C1=O. The van der Waals surface area contributed by atoms with Crippen molar-refractivity contribution >= 4 is 28.5 Å². The zero-order chi connectivity index (χ0) is 22.5. The predicted octanol–water partition coefficient (Wildman–Crippen LogP) is 4.97. The zero-order valence-corrected chi connectivity index (χ0v) is 17.8.